The summed E-state index contributed by atoms with van der Waals surface area (Å²) in [6.07, 6.45) is 1.35. The first-order valence-electron chi connectivity index (χ1n) is 11.5. The molecule has 1 saturated carbocycles. The van der Waals surface area contributed by atoms with Gasteiger partial charge in [0.25, 0.3) is 5.91 Å². The fourth-order valence-electron chi connectivity index (χ4n) is 4.91. The van der Waals surface area contributed by atoms with Crippen molar-refractivity contribution in [2.45, 2.75) is 31.9 Å². The topological polar surface area (TPSA) is 94.6 Å². The summed E-state index contributed by atoms with van der Waals surface area (Å²) in [6, 6.07) is 11.1. The molecule has 9 heteroatoms. The summed E-state index contributed by atoms with van der Waals surface area (Å²) in [4.78, 5) is 14.9. The number of carbonyl (C=O) groups excluding carboxylic acids is 1. The number of amides is 1. The Labute approximate surface area is 197 Å². The molecule has 3 heterocycles. The number of morpholine rings is 1. The Morgan fingerprint density at radius 2 is 1.68 bits per heavy atom. The van der Waals surface area contributed by atoms with E-state index in [-0.39, 0.29) is 11.2 Å². The summed E-state index contributed by atoms with van der Waals surface area (Å²) in [5.74, 6) is 0.632. The summed E-state index contributed by atoms with van der Waals surface area (Å²) in [6.45, 7) is 5.88. The van der Waals surface area contributed by atoms with Crippen LogP contribution in [0.2, 0.25) is 0 Å². The van der Waals surface area contributed by atoms with Crippen LogP contribution in [0.1, 0.15) is 34.7 Å². The molecular weight excluding hydrogens is 454 g/mol. The Bertz CT molecular complexity index is 1540. The van der Waals surface area contributed by atoms with Crippen molar-refractivity contribution >= 4 is 37.7 Å². The highest BCUT2D eigenvalue weighted by Crippen LogP contribution is 2.39. The third-order valence-corrected chi connectivity index (χ3v) is 9.00. The van der Waals surface area contributed by atoms with Gasteiger partial charge in [0.2, 0.25) is 10.0 Å². The predicted octanol–water partition coefficient (Wildman–Crippen LogP) is 3.88. The van der Waals surface area contributed by atoms with Crippen LogP contribution in [0.5, 0.6) is 0 Å². The lowest BCUT2D eigenvalue weighted by Crippen LogP contribution is -2.40. The van der Waals surface area contributed by atoms with Crippen LogP contribution in [-0.4, -0.2) is 59.9 Å². The molecule has 0 atom stereocenters. The second-order valence-electron chi connectivity index (χ2n) is 9.08. The first kappa shape index (κ1) is 21.4. The zero-order valence-corrected chi connectivity index (χ0v) is 19.9. The van der Waals surface area contributed by atoms with E-state index in [4.69, 9.17) is 9.26 Å². The number of hydrogen-bond donors (Lipinski definition) is 0. The van der Waals surface area contributed by atoms with E-state index in [1.807, 2.05) is 38.1 Å². The number of hydrogen-bond acceptors (Lipinski definition) is 6. The highest BCUT2D eigenvalue weighted by molar-refractivity contribution is 7.91. The summed E-state index contributed by atoms with van der Waals surface area (Å²) >= 11 is 0. The number of fused-ring (bicyclic) bond motifs is 3. The van der Waals surface area contributed by atoms with Gasteiger partial charge in [0, 0.05) is 35.0 Å². The number of nitrogens with zero attached hydrogens (tertiary/aromatic N) is 3. The van der Waals surface area contributed by atoms with E-state index in [9.17, 15) is 13.2 Å². The van der Waals surface area contributed by atoms with Gasteiger partial charge in [0.05, 0.1) is 35.2 Å². The summed E-state index contributed by atoms with van der Waals surface area (Å²) < 4.78 is 39.0. The third-order valence-electron chi connectivity index (χ3n) is 6.79. The van der Waals surface area contributed by atoms with Crippen molar-refractivity contribution in [2.24, 2.45) is 0 Å². The van der Waals surface area contributed by atoms with Crippen molar-refractivity contribution in [1.82, 2.24) is 14.0 Å². The van der Waals surface area contributed by atoms with E-state index in [1.54, 1.807) is 17.0 Å². The first-order valence-corrected chi connectivity index (χ1v) is 13.0. The van der Waals surface area contributed by atoms with Gasteiger partial charge in [0.1, 0.15) is 5.76 Å². The molecule has 0 radical (unpaired) electrons. The molecule has 1 aliphatic carbocycles. The number of carbonyl (C=O) groups is 1. The average Bonchev–Trinajstić information content (AvgIpc) is 3.59. The number of ether oxygens (including phenoxy) is 1. The van der Waals surface area contributed by atoms with E-state index >= 15 is 0 Å². The van der Waals surface area contributed by atoms with Crippen molar-refractivity contribution in [3.63, 3.8) is 0 Å². The predicted molar refractivity (Wildman–Crippen MR) is 128 cm³/mol. The van der Waals surface area contributed by atoms with Gasteiger partial charge in [-0.2, -0.15) is 0 Å². The highest BCUT2D eigenvalue weighted by atomic mass is 32.2. The molecule has 1 aliphatic heterocycles. The van der Waals surface area contributed by atoms with Crippen molar-refractivity contribution in [1.29, 1.82) is 0 Å². The molecule has 2 aromatic heterocycles. The lowest BCUT2D eigenvalue weighted by molar-refractivity contribution is 0.0303. The second kappa shape index (κ2) is 7.68. The Balaban J connectivity index is 1.59. The number of benzene rings is 2. The van der Waals surface area contributed by atoms with Gasteiger partial charge in [-0.25, -0.2) is 12.4 Å². The highest BCUT2D eigenvalue weighted by Gasteiger charge is 2.39. The maximum absolute atomic E-state index is 13.4. The number of rotatable bonds is 4. The maximum Gasteiger partial charge on any atom is 0.254 e. The van der Waals surface area contributed by atoms with Gasteiger partial charge in [-0.15, -0.1) is 0 Å². The summed E-state index contributed by atoms with van der Waals surface area (Å²) in [5.41, 5.74) is 4.32. The van der Waals surface area contributed by atoms with Crippen LogP contribution in [0.4, 0.5) is 0 Å². The van der Waals surface area contributed by atoms with Crippen molar-refractivity contribution < 1.29 is 22.5 Å². The van der Waals surface area contributed by atoms with Gasteiger partial charge in [0.15, 0.2) is 0 Å². The Morgan fingerprint density at radius 3 is 2.32 bits per heavy atom. The van der Waals surface area contributed by atoms with Crippen LogP contribution in [0.3, 0.4) is 0 Å². The largest absolute Gasteiger partial charge is 0.378 e. The van der Waals surface area contributed by atoms with E-state index < -0.39 is 10.0 Å². The van der Waals surface area contributed by atoms with E-state index in [0.717, 1.165) is 27.6 Å². The Hall–Kier alpha value is -3.17. The minimum Gasteiger partial charge on any atom is -0.378 e. The molecule has 1 amide bonds. The van der Waals surface area contributed by atoms with Gasteiger partial charge < -0.3 is 14.2 Å². The lowest BCUT2D eigenvalue weighted by atomic mass is 10.0. The second-order valence-corrected chi connectivity index (χ2v) is 11.1. The molecule has 0 bridgehead atoms. The number of aryl methyl sites for hydroxylation is 2. The third kappa shape index (κ3) is 3.25. The van der Waals surface area contributed by atoms with Crippen molar-refractivity contribution in [3.8, 4) is 11.1 Å². The van der Waals surface area contributed by atoms with Crippen LogP contribution in [-0.2, 0) is 14.8 Å². The monoisotopic (exact) mass is 479 g/mol. The minimum absolute atomic E-state index is 0.0713. The number of aromatic nitrogens is 2. The summed E-state index contributed by atoms with van der Waals surface area (Å²) in [5, 5.41) is 5.23. The molecule has 34 heavy (non-hydrogen) atoms. The standard InChI is InChI=1S/C25H25N3O5S/c1-15-24(16(2)33-26-15)17-3-7-22-20(13-17)21-14-18(25(29)27-9-11-32-12-10-27)4-8-23(21)28(22)34(30,31)19-5-6-19/h3-4,7-8,13-14,19H,5-6,9-12H2,1-2H3. The zero-order chi connectivity index (χ0) is 23.6. The molecule has 0 N–H and O–H groups in total. The molecule has 0 unspecified atom stereocenters. The molecule has 4 aromatic rings. The van der Waals surface area contributed by atoms with Crippen LogP contribution >= 0.6 is 0 Å². The fourth-order valence-corrected chi connectivity index (χ4v) is 6.81. The van der Waals surface area contributed by atoms with E-state index in [0.29, 0.717) is 61.5 Å². The van der Waals surface area contributed by atoms with Crippen LogP contribution in [0.25, 0.3) is 32.9 Å². The SMILES string of the molecule is Cc1noc(C)c1-c1ccc2c(c1)c1cc(C(=O)N3CCOCC3)ccc1n2S(=O)(=O)C1CC1. The van der Waals surface area contributed by atoms with Gasteiger partial charge in [-0.05, 0) is 62.6 Å². The molecule has 0 spiro atoms. The minimum atomic E-state index is -3.54. The molecule has 2 aromatic carbocycles. The maximum atomic E-state index is 13.4. The van der Waals surface area contributed by atoms with Gasteiger partial charge >= 0.3 is 0 Å². The smallest absolute Gasteiger partial charge is 0.254 e. The molecule has 176 valence electrons. The molecule has 8 nitrogen and oxygen atoms in total. The zero-order valence-electron chi connectivity index (χ0n) is 19.1. The van der Waals surface area contributed by atoms with E-state index in [2.05, 4.69) is 5.16 Å². The van der Waals surface area contributed by atoms with Gasteiger partial charge in [-0.1, -0.05) is 11.2 Å². The Kier molecular flexibility index (Phi) is 4.82. The van der Waals surface area contributed by atoms with Crippen LogP contribution in [0, 0.1) is 13.8 Å². The van der Waals surface area contributed by atoms with Crippen LogP contribution < -0.4 is 0 Å². The van der Waals surface area contributed by atoms with E-state index in [1.165, 1.54) is 3.97 Å². The molecule has 6 rings (SSSR count). The molecule has 2 fully saturated rings. The van der Waals surface area contributed by atoms with Crippen molar-refractivity contribution in [2.75, 3.05) is 26.3 Å². The first-order chi connectivity index (χ1) is 16.4. The Morgan fingerprint density at radius 1 is 1.00 bits per heavy atom. The molecule has 2 aliphatic rings. The summed E-state index contributed by atoms with van der Waals surface area (Å²) in [7, 11) is -3.54. The van der Waals surface area contributed by atoms with Crippen LogP contribution in [0.15, 0.2) is 40.9 Å². The quantitative estimate of drug-likeness (QED) is 0.441. The molecule has 1 saturated heterocycles. The molecular formula is C25H25N3O5S. The average molecular weight is 480 g/mol. The van der Waals surface area contributed by atoms with Gasteiger partial charge in [-0.3, -0.25) is 4.79 Å². The fraction of sp³-hybridized carbons (Fsp3) is 0.360. The normalized spacial score (nSPS) is 17.1. The lowest BCUT2D eigenvalue weighted by Gasteiger charge is -2.26. The van der Waals surface area contributed by atoms with Crippen molar-refractivity contribution in [3.05, 3.63) is 53.4 Å².